The number of amides is 1. The van der Waals surface area contributed by atoms with Crippen LogP contribution in [0.5, 0.6) is 0 Å². The van der Waals surface area contributed by atoms with E-state index in [1.165, 1.54) is 10.5 Å². The largest absolute Gasteiger partial charge is 0.326 e. The summed E-state index contributed by atoms with van der Waals surface area (Å²) in [6.07, 6.45) is 2.07. The zero-order chi connectivity index (χ0) is 20.1. The maximum absolute atomic E-state index is 12.6. The lowest BCUT2D eigenvalue weighted by Gasteiger charge is -2.14. The molecule has 1 aromatic heterocycles. The van der Waals surface area contributed by atoms with Crippen molar-refractivity contribution in [3.05, 3.63) is 71.5 Å². The molecule has 6 heteroatoms. The summed E-state index contributed by atoms with van der Waals surface area (Å²) in [5, 5.41) is 7.65. The molecule has 1 atom stereocenters. The number of nitrogens with one attached hydrogen (secondary N) is 2. The number of nitrogens with zero attached hydrogens (tertiary/aromatic N) is 2. The molecule has 3 rings (SSSR count). The van der Waals surface area contributed by atoms with E-state index in [1.54, 1.807) is 11.8 Å². The number of likely N-dealkylation sites (N-methyl/N-ethyl adjacent to an activating group) is 1. The standard InChI is InChI=1S/C22H26N4OS/c1-16-22(17(2)26(24-16)19-8-6-5-7-9-19)23-21(27)15-25(3)14-18-10-12-20(28-4)13-11-18/h5-13H,14-15H2,1-4H3,(H,23,27)/p+1. The van der Waals surface area contributed by atoms with Gasteiger partial charge in [-0.3, -0.25) is 4.79 Å². The Morgan fingerprint density at radius 1 is 1.11 bits per heavy atom. The Morgan fingerprint density at radius 2 is 1.79 bits per heavy atom. The molecule has 28 heavy (non-hydrogen) atoms. The van der Waals surface area contributed by atoms with Crippen LogP contribution in [0.3, 0.4) is 0 Å². The molecule has 0 aliphatic heterocycles. The Kier molecular flexibility index (Phi) is 6.54. The number of quaternary nitrogens is 1. The third-order valence-electron chi connectivity index (χ3n) is 4.68. The van der Waals surface area contributed by atoms with Crippen molar-refractivity contribution in [1.29, 1.82) is 0 Å². The summed E-state index contributed by atoms with van der Waals surface area (Å²) < 4.78 is 1.87. The molecule has 0 bridgehead atoms. The van der Waals surface area contributed by atoms with Crippen molar-refractivity contribution in [1.82, 2.24) is 9.78 Å². The summed E-state index contributed by atoms with van der Waals surface area (Å²) in [6.45, 7) is 5.11. The fraction of sp³-hybridized carbons (Fsp3) is 0.273. The normalized spacial score (nSPS) is 12.0. The molecular weight excluding hydrogens is 368 g/mol. The Labute approximate surface area is 170 Å². The molecule has 1 amide bonds. The van der Waals surface area contributed by atoms with Crippen LogP contribution in [0.25, 0.3) is 5.69 Å². The van der Waals surface area contributed by atoms with Crippen molar-refractivity contribution in [2.75, 3.05) is 25.2 Å². The van der Waals surface area contributed by atoms with Crippen LogP contribution in [-0.2, 0) is 11.3 Å². The number of rotatable bonds is 7. The van der Waals surface area contributed by atoms with Crippen LogP contribution in [0, 0.1) is 13.8 Å². The summed E-state index contributed by atoms with van der Waals surface area (Å²) in [5.41, 5.74) is 4.76. The van der Waals surface area contributed by atoms with Crippen molar-refractivity contribution in [2.24, 2.45) is 0 Å². The lowest BCUT2D eigenvalue weighted by atomic mass is 10.2. The minimum Gasteiger partial charge on any atom is -0.326 e. The monoisotopic (exact) mass is 395 g/mol. The van der Waals surface area contributed by atoms with Gasteiger partial charge in [0.05, 0.1) is 29.8 Å². The second-order valence-corrected chi connectivity index (χ2v) is 7.88. The van der Waals surface area contributed by atoms with Crippen LogP contribution in [0.2, 0.25) is 0 Å². The summed E-state index contributed by atoms with van der Waals surface area (Å²) in [4.78, 5) is 15.0. The Morgan fingerprint density at radius 3 is 2.43 bits per heavy atom. The molecule has 0 aliphatic rings. The van der Waals surface area contributed by atoms with Gasteiger partial charge in [0.1, 0.15) is 6.54 Å². The first-order chi connectivity index (χ1) is 13.5. The average Bonchev–Trinajstić information content (AvgIpc) is 2.97. The summed E-state index contributed by atoms with van der Waals surface area (Å²) in [7, 11) is 2.04. The summed E-state index contributed by atoms with van der Waals surface area (Å²) >= 11 is 1.73. The second kappa shape index (κ2) is 9.08. The molecule has 2 N–H and O–H groups in total. The zero-order valence-corrected chi connectivity index (χ0v) is 17.6. The Hall–Kier alpha value is -2.57. The van der Waals surface area contributed by atoms with Gasteiger partial charge in [0.15, 0.2) is 6.54 Å². The van der Waals surface area contributed by atoms with E-state index in [2.05, 4.69) is 40.9 Å². The number of carbonyl (C=O) groups is 1. The SMILES string of the molecule is CSc1ccc(C[NH+](C)CC(=O)Nc2c(C)nn(-c3ccccc3)c2C)cc1. The van der Waals surface area contributed by atoms with Gasteiger partial charge in [0, 0.05) is 10.5 Å². The van der Waals surface area contributed by atoms with E-state index in [4.69, 9.17) is 0 Å². The number of aryl methyl sites for hydroxylation is 1. The van der Waals surface area contributed by atoms with Gasteiger partial charge in [-0.25, -0.2) is 4.68 Å². The van der Waals surface area contributed by atoms with Gasteiger partial charge in [0.25, 0.3) is 5.91 Å². The molecule has 0 saturated carbocycles. The molecular formula is C22H27N4OS+. The van der Waals surface area contributed by atoms with Crippen LogP contribution in [0.4, 0.5) is 5.69 Å². The average molecular weight is 396 g/mol. The Balaban J connectivity index is 1.63. The number of thioether (sulfide) groups is 1. The minimum atomic E-state index is -0.00274. The summed E-state index contributed by atoms with van der Waals surface area (Å²) in [5.74, 6) is -0.00274. The molecule has 0 saturated heterocycles. The smallest absolute Gasteiger partial charge is 0.279 e. The van der Waals surface area contributed by atoms with Crippen molar-refractivity contribution < 1.29 is 9.69 Å². The van der Waals surface area contributed by atoms with Crippen LogP contribution >= 0.6 is 11.8 Å². The quantitative estimate of drug-likeness (QED) is 0.605. The number of benzene rings is 2. The van der Waals surface area contributed by atoms with Gasteiger partial charge in [0.2, 0.25) is 0 Å². The highest BCUT2D eigenvalue weighted by atomic mass is 32.2. The number of anilines is 1. The molecule has 1 heterocycles. The predicted octanol–water partition coefficient (Wildman–Crippen LogP) is 2.86. The van der Waals surface area contributed by atoms with Gasteiger partial charge in [-0.2, -0.15) is 5.10 Å². The number of hydrogen-bond acceptors (Lipinski definition) is 3. The fourth-order valence-corrected chi connectivity index (χ4v) is 3.66. The first-order valence-electron chi connectivity index (χ1n) is 9.33. The molecule has 0 radical (unpaired) electrons. The van der Waals surface area contributed by atoms with E-state index in [9.17, 15) is 4.79 Å². The van der Waals surface area contributed by atoms with Crippen LogP contribution in [0.15, 0.2) is 59.5 Å². The highest BCUT2D eigenvalue weighted by Crippen LogP contribution is 2.22. The molecule has 2 aromatic carbocycles. The molecule has 1 unspecified atom stereocenters. The number of aromatic nitrogens is 2. The van der Waals surface area contributed by atoms with Gasteiger partial charge < -0.3 is 10.2 Å². The van der Waals surface area contributed by atoms with Crippen LogP contribution < -0.4 is 10.2 Å². The van der Waals surface area contributed by atoms with E-state index in [0.29, 0.717) is 6.54 Å². The fourth-order valence-electron chi connectivity index (χ4n) is 3.26. The van der Waals surface area contributed by atoms with Crippen LogP contribution in [-0.4, -0.2) is 35.5 Å². The molecule has 0 aliphatic carbocycles. The number of hydrogen-bond donors (Lipinski definition) is 2. The minimum absolute atomic E-state index is 0.00274. The third kappa shape index (κ3) is 4.82. The lowest BCUT2D eigenvalue weighted by Crippen LogP contribution is -3.08. The van der Waals surface area contributed by atoms with Gasteiger partial charge >= 0.3 is 0 Å². The maximum atomic E-state index is 12.6. The van der Waals surface area contributed by atoms with Crippen LogP contribution in [0.1, 0.15) is 17.0 Å². The van der Waals surface area contributed by atoms with E-state index < -0.39 is 0 Å². The lowest BCUT2D eigenvalue weighted by molar-refractivity contribution is -0.885. The van der Waals surface area contributed by atoms with Gasteiger partial charge in [-0.05, 0) is 44.4 Å². The maximum Gasteiger partial charge on any atom is 0.279 e. The van der Waals surface area contributed by atoms with Crippen molar-refractivity contribution >= 4 is 23.4 Å². The predicted molar refractivity (Wildman–Crippen MR) is 115 cm³/mol. The Bertz CT molecular complexity index is 935. The molecule has 146 valence electrons. The number of para-hydroxylation sites is 1. The first kappa shape index (κ1) is 20.2. The molecule has 5 nitrogen and oxygen atoms in total. The topological polar surface area (TPSA) is 51.4 Å². The summed E-state index contributed by atoms with van der Waals surface area (Å²) in [6, 6.07) is 18.5. The molecule has 3 aromatic rings. The molecule has 0 spiro atoms. The van der Waals surface area contributed by atoms with E-state index in [-0.39, 0.29) is 5.91 Å². The van der Waals surface area contributed by atoms with Crippen molar-refractivity contribution in [3.63, 3.8) is 0 Å². The van der Waals surface area contributed by atoms with Crippen molar-refractivity contribution in [3.8, 4) is 5.69 Å². The third-order valence-corrected chi connectivity index (χ3v) is 5.43. The second-order valence-electron chi connectivity index (χ2n) is 7.00. The van der Waals surface area contributed by atoms with Gasteiger partial charge in [-0.15, -0.1) is 11.8 Å². The van der Waals surface area contributed by atoms with E-state index >= 15 is 0 Å². The highest BCUT2D eigenvalue weighted by molar-refractivity contribution is 7.98. The highest BCUT2D eigenvalue weighted by Gasteiger charge is 2.17. The first-order valence-corrected chi connectivity index (χ1v) is 10.6. The van der Waals surface area contributed by atoms with E-state index in [0.717, 1.165) is 34.2 Å². The van der Waals surface area contributed by atoms with E-state index in [1.807, 2.05) is 55.9 Å². The van der Waals surface area contributed by atoms with Gasteiger partial charge in [-0.1, -0.05) is 30.3 Å². The zero-order valence-electron chi connectivity index (χ0n) is 16.8. The number of carbonyl (C=O) groups excluding carboxylic acids is 1. The molecule has 0 fully saturated rings. The van der Waals surface area contributed by atoms with Crippen molar-refractivity contribution in [2.45, 2.75) is 25.3 Å².